The Morgan fingerprint density at radius 2 is 2.22 bits per heavy atom. The van der Waals surface area contributed by atoms with Gasteiger partial charge in [0.05, 0.1) is 5.75 Å². The van der Waals surface area contributed by atoms with Gasteiger partial charge in [0.1, 0.15) is 0 Å². The second-order valence-corrected chi connectivity index (χ2v) is 7.52. The van der Waals surface area contributed by atoms with E-state index < -0.39 is 15.8 Å². The largest absolute Gasteiger partial charge is 0.448 e. The van der Waals surface area contributed by atoms with E-state index >= 15 is 0 Å². The Bertz CT molecular complexity index is 846. The summed E-state index contributed by atoms with van der Waals surface area (Å²) in [6.07, 6.45) is 1.40. The molecule has 0 aliphatic carbocycles. The number of furan rings is 1. The van der Waals surface area contributed by atoms with Gasteiger partial charge >= 0.3 is 0 Å². The predicted octanol–water partition coefficient (Wildman–Crippen LogP) is 1.71. The van der Waals surface area contributed by atoms with Crippen LogP contribution in [-0.4, -0.2) is 38.1 Å². The third-order valence-corrected chi connectivity index (χ3v) is 4.92. The zero-order valence-corrected chi connectivity index (χ0v) is 13.2. The van der Waals surface area contributed by atoms with Crippen LogP contribution >= 0.6 is 0 Å². The van der Waals surface area contributed by atoms with Crippen molar-refractivity contribution in [3.8, 4) is 0 Å². The van der Waals surface area contributed by atoms with Crippen LogP contribution in [0.5, 0.6) is 0 Å². The fraction of sp³-hybridized carbons (Fsp3) is 0.400. The number of carbonyl (C=O) groups excluding carboxylic acids is 1. The van der Waals surface area contributed by atoms with Crippen LogP contribution in [0.3, 0.4) is 0 Å². The number of primary sulfonamides is 1. The number of benzene rings is 1. The maximum absolute atomic E-state index is 13.7. The number of sulfonamides is 1. The van der Waals surface area contributed by atoms with Gasteiger partial charge in [-0.3, -0.25) is 4.79 Å². The monoisotopic (exact) mass is 340 g/mol. The highest BCUT2D eigenvalue weighted by molar-refractivity contribution is 7.89. The highest BCUT2D eigenvalue weighted by atomic mass is 32.2. The van der Waals surface area contributed by atoms with Gasteiger partial charge in [0.15, 0.2) is 17.2 Å². The van der Waals surface area contributed by atoms with Crippen LogP contribution in [0.15, 0.2) is 28.7 Å². The second kappa shape index (κ2) is 5.93. The quantitative estimate of drug-likeness (QED) is 0.920. The van der Waals surface area contributed by atoms with Crippen molar-refractivity contribution in [2.75, 3.05) is 18.8 Å². The van der Waals surface area contributed by atoms with Gasteiger partial charge in [0.25, 0.3) is 5.91 Å². The molecule has 23 heavy (non-hydrogen) atoms. The Morgan fingerprint density at radius 3 is 2.91 bits per heavy atom. The van der Waals surface area contributed by atoms with Gasteiger partial charge in [0, 0.05) is 18.5 Å². The van der Waals surface area contributed by atoms with Gasteiger partial charge in [0.2, 0.25) is 10.0 Å². The molecule has 1 aliphatic heterocycles. The van der Waals surface area contributed by atoms with E-state index in [9.17, 15) is 17.6 Å². The smallest absolute Gasteiger partial charge is 0.289 e. The number of fused-ring (bicyclic) bond motifs is 1. The molecule has 6 nitrogen and oxygen atoms in total. The van der Waals surface area contributed by atoms with Crippen LogP contribution < -0.4 is 5.14 Å². The summed E-state index contributed by atoms with van der Waals surface area (Å²) in [5.74, 6) is -1.16. The molecule has 0 bridgehead atoms. The number of para-hydroxylation sites is 1. The Hall–Kier alpha value is -1.93. The molecule has 2 N–H and O–H groups in total. The van der Waals surface area contributed by atoms with E-state index in [2.05, 4.69) is 0 Å². The number of nitrogens with two attached hydrogens (primary N) is 1. The lowest BCUT2D eigenvalue weighted by Gasteiger charge is -2.31. The summed E-state index contributed by atoms with van der Waals surface area (Å²) >= 11 is 0. The first-order chi connectivity index (χ1) is 10.8. The predicted molar refractivity (Wildman–Crippen MR) is 82.8 cm³/mol. The SMILES string of the molecule is NS(=O)(=O)C[C@@H]1CCCN(C(=O)c2cc3cccc(F)c3o2)C1. The number of likely N-dealkylation sites (tertiary alicyclic amines) is 1. The zero-order chi connectivity index (χ0) is 16.6. The number of hydrogen-bond acceptors (Lipinski definition) is 4. The lowest BCUT2D eigenvalue weighted by atomic mass is 10.00. The van der Waals surface area contributed by atoms with E-state index in [-0.39, 0.29) is 28.9 Å². The third kappa shape index (κ3) is 3.53. The fourth-order valence-electron chi connectivity index (χ4n) is 3.00. The lowest BCUT2D eigenvalue weighted by Crippen LogP contribution is -2.42. The van der Waals surface area contributed by atoms with Gasteiger partial charge in [-0.05, 0) is 30.9 Å². The molecule has 0 unspecified atom stereocenters. The number of hydrogen-bond donors (Lipinski definition) is 1. The van der Waals surface area contributed by atoms with Gasteiger partial charge in [-0.1, -0.05) is 12.1 Å². The number of halogens is 1. The first-order valence-electron chi connectivity index (χ1n) is 7.31. The summed E-state index contributed by atoms with van der Waals surface area (Å²) in [5.41, 5.74) is 0.0499. The van der Waals surface area contributed by atoms with Crippen LogP contribution in [0.1, 0.15) is 23.4 Å². The first-order valence-corrected chi connectivity index (χ1v) is 9.03. The van der Waals surface area contributed by atoms with E-state index in [4.69, 9.17) is 9.56 Å². The summed E-state index contributed by atoms with van der Waals surface area (Å²) in [6, 6.07) is 5.98. The summed E-state index contributed by atoms with van der Waals surface area (Å²) in [4.78, 5) is 14.1. The number of piperidine rings is 1. The molecule has 1 aromatic carbocycles. The van der Waals surface area contributed by atoms with Crippen molar-refractivity contribution >= 4 is 26.9 Å². The molecule has 124 valence electrons. The Morgan fingerprint density at radius 1 is 1.43 bits per heavy atom. The number of carbonyl (C=O) groups is 1. The molecular weight excluding hydrogens is 323 g/mol. The molecule has 0 radical (unpaired) electrons. The van der Waals surface area contributed by atoms with Crippen molar-refractivity contribution in [2.45, 2.75) is 12.8 Å². The molecule has 3 rings (SSSR count). The second-order valence-electron chi connectivity index (χ2n) is 5.86. The number of nitrogens with zero attached hydrogens (tertiary/aromatic N) is 1. The summed E-state index contributed by atoms with van der Waals surface area (Å²) in [5, 5.41) is 5.60. The highest BCUT2D eigenvalue weighted by Crippen LogP contribution is 2.25. The average molecular weight is 340 g/mol. The summed E-state index contributed by atoms with van der Waals surface area (Å²) in [7, 11) is -3.57. The topological polar surface area (TPSA) is 93.6 Å². The van der Waals surface area contributed by atoms with Gasteiger partial charge in [-0.2, -0.15) is 0 Å². The van der Waals surface area contributed by atoms with Crippen LogP contribution in [0.4, 0.5) is 4.39 Å². The molecule has 2 heterocycles. The summed E-state index contributed by atoms with van der Waals surface area (Å²) < 4.78 is 41.4. The molecule has 0 saturated carbocycles. The van der Waals surface area contributed by atoms with Gasteiger partial charge < -0.3 is 9.32 Å². The van der Waals surface area contributed by atoms with Crippen molar-refractivity contribution in [2.24, 2.45) is 11.1 Å². The molecular formula is C15H17FN2O4S. The molecule has 1 aliphatic rings. The van der Waals surface area contributed by atoms with Crippen LogP contribution in [0.25, 0.3) is 11.0 Å². The summed E-state index contributed by atoms with van der Waals surface area (Å²) in [6.45, 7) is 0.814. The molecule has 1 fully saturated rings. The van der Waals surface area contributed by atoms with Gasteiger partial charge in [-0.25, -0.2) is 17.9 Å². The number of amides is 1. The minimum Gasteiger partial charge on any atom is -0.448 e. The molecule has 0 spiro atoms. The van der Waals surface area contributed by atoms with Crippen molar-refractivity contribution in [1.82, 2.24) is 4.90 Å². The maximum atomic E-state index is 13.7. The molecule has 1 amide bonds. The Balaban J connectivity index is 1.80. The normalized spacial score (nSPS) is 19.2. The van der Waals surface area contributed by atoms with E-state index in [0.717, 1.165) is 0 Å². The molecule has 1 atom stereocenters. The number of rotatable bonds is 3. The van der Waals surface area contributed by atoms with Gasteiger partial charge in [-0.15, -0.1) is 0 Å². The van der Waals surface area contributed by atoms with E-state index in [1.807, 2.05) is 0 Å². The zero-order valence-electron chi connectivity index (χ0n) is 12.4. The standard InChI is InChI=1S/C15H17FN2O4S/c16-12-5-1-4-11-7-13(22-14(11)12)15(19)18-6-2-3-10(8-18)9-23(17,20)21/h1,4-5,7,10H,2-3,6,8-9H2,(H2,17,20,21)/t10-/m1/s1. The van der Waals surface area contributed by atoms with Crippen LogP contribution in [-0.2, 0) is 10.0 Å². The molecule has 8 heteroatoms. The van der Waals surface area contributed by atoms with Crippen LogP contribution in [0.2, 0.25) is 0 Å². The van der Waals surface area contributed by atoms with Crippen molar-refractivity contribution < 1.29 is 22.0 Å². The van der Waals surface area contributed by atoms with E-state index in [1.54, 1.807) is 12.1 Å². The lowest BCUT2D eigenvalue weighted by molar-refractivity contribution is 0.0654. The Kier molecular flexibility index (Phi) is 4.11. The fourth-order valence-corrected chi connectivity index (χ4v) is 3.93. The van der Waals surface area contributed by atoms with E-state index in [0.29, 0.717) is 31.3 Å². The maximum Gasteiger partial charge on any atom is 0.289 e. The Labute approximate surface area is 133 Å². The van der Waals surface area contributed by atoms with Crippen LogP contribution in [0, 0.1) is 11.7 Å². The minimum atomic E-state index is -3.57. The van der Waals surface area contributed by atoms with Crippen molar-refractivity contribution in [3.63, 3.8) is 0 Å². The van der Waals surface area contributed by atoms with Crippen molar-refractivity contribution in [1.29, 1.82) is 0 Å². The highest BCUT2D eigenvalue weighted by Gasteiger charge is 2.28. The third-order valence-electron chi connectivity index (χ3n) is 3.98. The minimum absolute atomic E-state index is 0.0499. The van der Waals surface area contributed by atoms with Crippen molar-refractivity contribution in [3.05, 3.63) is 35.8 Å². The molecule has 2 aromatic rings. The first kappa shape index (κ1) is 15.9. The van der Waals surface area contributed by atoms with E-state index in [1.165, 1.54) is 17.0 Å². The molecule has 1 aromatic heterocycles. The molecule has 1 saturated heterocycles. The average Bonchev–Trinajstić information content (AvgIpc) is 2.90.